The molecule has 0 radical (unpaired) electrons. The van der Waals surface area contributed by atoms with E-state index < -0.39 is 6.04 Å². The van der Waals surface area contributed by atoms with Gasteiger partial charge in [-0.1, -0.05) is 38.1 Å². The number of benzene rings is 2. The van der Waals surface area contributed by atoms with Crippen LogP contribution in [0.1, 0.15) is 39.3 Å². The lowest BCUT2D eigenvalue weighted by molar-refractivity contribution is -0.113. The third-order valence-corrected chi connectivity index (χ3v) is 4.94. The van der Waals surface area contributed by atoms with Crippen LogP contribution in [0.15, 0.2) is 59.8 Å². The number of amides is 1. The van der Waals surface area contributed by atoms with Crippen molar-refractivity contribution < 1.29 is 14.3 Å². The van der Waals surface area contributed by atoms with E-state index in [-0.39, 0.29) is 5.91 Å². The molecule has 0 aliphatic carbocycles. The van der Waals surface area contributed by atoms with Crippen LogP contribution in [-0.2, 0) is 4.79 Å². The van der Waals surface area contributed by atoms with Crippen LogP contribution in [0.5, 0.6) is 11.5 Å². The van der Waals surface area contributed by atoms with Gasteiger partial charge in [-0.05, 0) is 61.8 Å². The van der Waals surface area contributed by atoms with Crippen LogP contribution in [-0.4, -0.2) is 24.2 Å². The maximum atomic E-state index is 13.2. The summed E-state index contributed by atoms with van der Waals surface area (Å²) >= 11 is 5.37. The standard InChI is InChI=1S/C24H29N3O3S/c1-5-29-20-13-17(11-12-19(20)30-14-15(2)3)22-21(16(4)25-24(31)27-22)23(28)26-18-9-7-6-8-10-18/h6-13,15,22H,5,14H2,1-4H3,(H,26,28)(H2,25,27,31)/t22-/m0/s1. The van der Waals surface area contributed by atoms with E-state index in [4.69, 9.17) is 21.7 Å². The van der Waals surface area contributed by atoms with Gasteiger partial charge in [0, 0.05) is 11.4 Å². The minimum Gasteiger partial charge on any atom is -0.490 e. The molecule has 1 amide bonds. The van der Waals surface area contributed by atoms with Crippen molar-refractivity contribution in [3.8, 4) is 11.5 Å². The summed E-state index contributed by atoms with van der Waals surface area (Å²) in [6, 6.07) is 14.7. The van der Waals surface area contributed by atoms with Gasteiger partial charge < -0.3 is 25.4 Å². The van der Waals surface area contributed by atoms with Crippen molar-refractivity contribution in [3.63, 3.8) is 0 Å². The summed E-state index contributed by atoms with van der Waals surface area (Å²) in [6.07, 6.45) is 0. The smallest absolute Gasteiger partial charge is 0.255 e. The molecule has 3 rings (SSSR count). The third kappa shape index (κ3) is 5.76. The van der Waals surface area contributed by atoms with Crippen LogP contribution in [0.3, 0.4) is 0 Å². The van der Waals surface area contributed by atoms with E-state index >= 15 is 0 Å². The van der Waals surface area contributed by atoms with Crippen LogP contribution < -0.4 is 25.4 Å². The second kappa shape index (κ2) is 10.3. The Hall–Kier alpha value is -3.06. The number of rotatable bonds is 8. The fourth-order valence-corrected chi connectivity index (χ4v) is 3.58. The summed E-state index contributed by atoms with van der Waals surface area (Å²) in [5.41, 5.74) is 2.87. The molecule has 2 aromatic carbocycles. The highest BCUT2D eigenvalue weighted by Crippen LogP contribution is 2.35. The van der Waals surface area contributed by atoms with E-state index in [1.54, 1.807) is 0 Å². The first-order valence-electron chi connectivity index (χ1n) is 10.4. The van der Waals surface area contributed by atoms with Gasteiger partial charge in [-0.2, -0.15) is 0 Å². The molecule has 0 spiro atoms. The predicted octanol–water partition coefficient (Wildman–Crippen LogP) is 4.55. The van der Waals surface area contributed by atoms with Crippen LogP contribution in [0.25, 0.3) is 0 Å². The van der Waals surface area contributed by atoms with Gasteiger partial charge in [-0.25, -0.2) is 0 Å². The number of anilines is 1. The summed E-state index contributed by atoms with van der Waals surface area (Å²) in [4.78, 5) is 13.2. The van der Waals surface area contributed by atoms with E-state index in [1.165, 1.54) is 0 Å². The Kier molecular flexibility index (Phi) is 7.52. The number of nitrogens with one attached hydrogen (secondary N) is 3. The average molecular weight is 440 g/mol. The number of allylic oxidation sites excluding steroid dienone is 1. The number of para-hydroxylation sites is 1. The quantitative estimate of drug-likeness (QED) is 0.524. The van der Waals surface area contributed by atoms with Crippen LogP contribution >= 0.6 is 12.2 Å². The Morgan fingerprint density at radius 1 is 1.13 bits per heavy atom. The highest BCUT2D eigenvalue weighted by Gasteiger charge is 2.30. The van der Waals surface area contributed by atoms with Crippen LogP contribution in [0.2, 0.25) is 0 Å². The Balaban J connectivity index is 1.94. The van der Waals surface area contributed by atoms with Crippen LogP contribution in [0.4, 0.5) is 5.69 Å². The predicted molar refractivity (Wildman–Crippen MR) is 127 cm³/mol. The van der Waals surface area contributed by atoms with E-state index in [0.29, 0.717) is 47.0 Å². The summed E-state index contributed by atoms with van der Waals surface area (Å²) in [5.74, 6) is 1.53. The molecule has 0 saturated heterocycles. The van der Waals surface area contributed by atoms with Crippen molar-refractivity contribution in [1.29, 1.82) is 0 Å². The first kappa shape index (κ1) is 22.6. The molecule has 31 heavy (non-hydrogen) atoms. The fourth-order valence-electron chi connectivity index (χ4n) is 3.31. The molecule has 0 bridgehead atoms. The van der Waals surface area contributed by atoms with Gasteiger partial charge in [-0.3, -0.25) is 4.79 Å². The molecule has 0 saturated carbocycles. The summed E-state index contributed by atoms with van der Waals surface area (Å²) in [5, 5.41) is 9.72. The lowest BCUT2D eigenvalue weighted by Crippen LogP contribution is -2.45. The lowest BCUT2D eigenvalue weighted by atomic mass is 9.94. The molecule has 3 N–H and O–H groups in total. The molecule has 1 heterocycles. The minimum absolute atomic E-state index is 0.200. The molecule has 0 fully saturated rings. The van der Waals surface area contributed by atoms with Crippen molar-refractivity contribution in [1.82, 2.24) is 10.6 Å². The zero-order valence-electron chi connectivity index (χ0n) is 18.3. The summed E-state index contributed by atoms with van der Waals surface area (Å²) in [6.45, 7) is 9.08. The van der Waals surface area contributed by atoms with Crippen molar-refractivity contribution in [2.45, 2.75) is 33.7 Å². The number of carbonyl (C=O) groups is 1. The Labute approximate surface area is 189 Å². The topological polar surface area (TPSA) is 71.6 Å². The Bertz CT molecular complexity index is 973. The highest BCUT2D eigenvalue weighted by atomic mass is 32.1. The largest absolute Gasteiger partial charge is 0.490 e. The first-order valence-corrected chi connectivity index (χ1v) is 10.8. The average Bonchev–Trinajstić information content (AvgIpc) is 2.73. The van der Waals surface area contributed by atoms with E-state index in [2.05, 4.69) is 29.8 Å². The van der Waals surface area contributed by atoms with Gasteiger partial charge in [0.05, 0.1) is 24.8 Å². The molecule has 1 atom stereocenters. The first-order chi connectivity index (χ1) is 14.9. The maximum Gasteiger partial charge on any atom is 0.255 e. The molecule has 2 aromatic rings. The second-order valence-corrected chi connectivity index (χ2v) is 8.14. The number of thiocarbonyl (C=S) groups is 1. The van der Waals surface area contributed by atoms with E-state index in [9.17, 15) is 4.79 Å². The lowest BCUT2D eigenvalue weighted by Gasteiger charge is -2.30. The Morgan fingerprint density at radius 3 is 2.55 bits per heavy atom. The van der Waals surface area contributed by atoms with Gasteiger partial charge in [0.1, 0.15) is 0 Å². The van der Waals surface area contributed by atoms with Crippen molar-refractivity contribution >= 4 is 28.9 Å². The van der Waals surface area contributed by atoms with Crippen molar-refractivity contribution in [2.75, 3.05) is 18.5 Å². The molecule has 6 nitrogen and oxygen atoms in total. The van der Waals surface area contributed by atoms with Crippen molar-refractivity contribution in [2.24, 2.45) is 5.92 Å². The molecular weight excluding hydrogens is 410 g/mol. The van der Waals surface area contributed by atoms with Gasteiger partial charge >= 0.3 is 0 Å². The second-order valence-electron chi connectivity index (χ2n) is 7.73. The number of ether oxygens (including phenoxy) is 2. The van der Waals surface area contributed by atoms with Crippen LogP contribution in [0, 0.1) is 5.92 Å². The summed E-state index contributed by atoms with van der Waals surface area (Å²) < 4.78 is 11.7. The van der Waals surface area contributed by atoms with Crippen molar-refractivity contribution in [3.05, 3.63) is 65.4 Å². The van der Waals surface area contributed by atoms with E-state index in [1.807, 2.05) is 62.4 Å². The summed E-state index contributed by atoms with van der Waals surface area (Å²) in [7, 11) is 0. The highest BCUT2D eigenvalue weighted by molar-refractivity contribution is 7.80. The molecule has 7 heteroatoms. The van der Waals surface area contributed by atoms with Gasteiger partial charge in [0.2, 0.25) is 0 Å². The van der Waals surface area contributed by atoms with Gasteiger partial charge in [0.25, 0.3) is 5.91 Å². The molecule has 164 valence electrons. The van der Waals surface area contributed by atoms with E-state index in [0.717, 1.165) is 11.3 Å². The monoisotopic (exact) mass is 439 g/mol. The number of carbonyl (C=O) groups excluding carboxylic acids is 1. The zero-order valence-corrected chi connectivity index (χ0v) is 19.1. The number of hydrogen-bond donors (Lipinski definition) is 3. The Morgan fingerprint density at radius 2 is 1.87 bits per heavy atom. The SMILES string of the molecule is CCOc1cc([C@@H]2NC(=S)NC(C)=C2C(=O)Nc2ccccc2)ccc1OCC(C)C. The molecule has 1 aliphatic rings. The van der Waals surface area contributed by atoms with Gasteiger partial charge in [-0.15, -0.1) is 0 Å². The minimum atomic E-state index is -0.421. The zero-order chi connectivity index (χ0) is 22.4. The molecule has 0 unspecified atom stereocenters. The third-order valence-electron chi connectivity index (χ3n) is 4.72. The number of hydrogen-bond acceptors (Lipinski definition) is 4. The molecule has 1 aliphatic heterocycles. The normalized spacial score (nSPS) is 15.9. The molecular formula is C24H29N3O3S. The maximum absolute atomic E-state index is 13.2. The van der Waals surface area contributed by atoms with Gasteiger partial charge in [0.15, 0.2) is 16.6 Å². The fraction of sp³-hybridized carbons (Fsp3) is 0.333. The molecule has 0 aromatic heterocycles.